The van der Waals surface area contributed by atoms with Crippen LogP contribution in [0.4, 0.5) is 5.69 Å². The van der Waals surface area contributed by atoms with Crippen molar-refractivity contribution in [1.82, 2.24) is 20.8 Å². The molecule has 0 spiro atoms. The minimum atomic E-state index is -0.150. The van der Waals surface area contributed by atoms with Crippen LogP contribution in [-0.4, -0.2) is 41.8 Å². The highest BCUT2D eigenvalue weighted by Crippen LogP contribution is 2.20. The van der Waals surface area contributed by atoms with Crippen LogP contribution in [0.15, 0.2) is 39.8 Å². The molecule has 0 bridgehead atoms. The second kappa shape index (κ2) is 8.41. The maximum Gasteiger partial charge on any atom is 0.232 e. The van der Waals surface area contributed by atoms with E-state index >= 15 is 0 Å². The summed E-state index contributed by atoms with van der Waals surface area (Å²) in [6, 6.07) is 10.9. The molecule has 1 aromatic carbocycles. The normalized spacial score (nSPS) is 18.0. The molecule has 2 heterocycles. The SMILES string of the molecule is CCNC(=NCc1noc(C(C)(C)C)n1)NC1CCN(c2ccccc2)C1. The first kappa shape index (κ1) is 19.2. The van der Waals surface area contributed by atoms with Gasteiger partial charge in [-0.05, 0) is 25.5 Å². The molecule has 0 saturated carbocycles. The Hall–Kier alpha value is -2.57. The van der Waals surface area contributed by atoms with E-state index in [4.69, 9.17) is 4.52 Å². The summed E-state index contributed by atoms with van der Waals surface area (Å²) in [5, 5.41) is 10.9. The maximum atomic E-state index is 5.34. The number of rotatable bonds is 5. The zero-order valence-electron chi connectivity index (χ0n) is 16.7. The van der Waals surface area contributed by atoms with Gasteiger partial charge in [-0.25, -0.2) is 4.99 Å². The van der Waals surface area contributed by atoms with Gasteiger partial charge < -0.3 is 20.1 Å². The Bertz CT molecular complexity index is 749. The summed E-state index contributed by atoms with van der Waals surface area (Å²) >= 11 is 0. The van der Waals surface area contributed by atoms with Crippen molar-refractivity contribution in [3.8, 4) is 0 Å². The Morgan fingerprint density at radius 2 is 2.07 bits per heavy atom. The number of aliphatic imine (C=N–C) groups is 1. The molecule has 27 heavy (non-hydrogen) atoms. The first-order valence-electron chi connectivity index (χ1n) is 9.63. The van der Waals surface area contributed by atoms with Crippen molar-refractivity contribution in [3.05, 3.63) is 42.0 Å². The first-order valence-corrected chi connectivity index (χ1v) is 9.63. The van der Waals surface area contributed by atoms with E-state index in [1.54, 1.807) is 0 Å². The number of benzene rings is 1. The van der Waals surface area contributed by atoms with Crippen LogP contribution >= 0.6 is 0 Å². The average molecular weight is 371 g/mol. The second-order valence-corrected chi connectivity index (χ2v) is 7.87. The fraction of sp³-hybridized carbons (Fsp3) is 0.550. The minimum Gasteiger partial charge on any atom is -0.369 e. The van der Waals surface area contributed by atoms with E-state index in [1.807, 2.05) is 6.07 Å². The quantitative estimate of drug-likeness (QED) is 0.622. The number of para-hydroxylation sites is 1. The summed E-state index contributed by atoms with van der Waals surface area (Å²) < 4.78 is 5.34. The third kappa shape index (κ3) is 5.21. The van der Waals surface area contributed by atoms with E-state index in [9.17, 15) is 0 Å². The molecule has 7 heteroatoms. The van der Waals surface area contributed by atoms with E-state index in [1.165, 1.54) is 5.69 Å². The molecular formula is C20H30N6O. The van der Waals surface area contributed by atoms with Crippen molar-refractivity contribution in [2.75, 3.05) is 24.5 Å². The highest BCUT2D eigenvalue weighted by atomic mass is 16.5. The molecule has 1 unspecified atom stereocenters. The number of aromatic nitrogens is 2. The van der Waals surface area contributed by atoms with Gasteiger partial charge in [0, 0.05) is 36.8 Å². The lowest BCUT2D eigenvalue weighted by Crippen LogP contribution is -2.44. The largest absolute Gasteiger partial charge is 0.369 e. The van der Waals surface area contributed by atoms with Gasteiger partial charge in [0.2, 0.25) is 5.89 Å². The first-order chi connectivity index (χ1) is 13.0. The van der Waals surface area contributed by atoms with Crippen molar-refractivity contribution in [2.45, 2.75) is 52.1 Å². The molecule has 146 valence electrons. The van der Waals surface area contributed by atoms with E-state index in [0.717, 1.165) is 32.0 Å². The van der Waals surface area contributed by atoms with Crippen LogP contribution in [0.5, 0.6) is 0 Å². The summed E-state index contributed by atoms with van der Waals surface area (Å²) in [5.41, 5.74) is 1.12. The number of guanidine groups is 1. The van der Waals surface area contributed by atoms with Crippen LogP contribution in [0.2, 0.25) is 0 Å². The van der Waals surface area contributed by atoms with Crippen LogP contribution in [0.25, 0.3) is 0 Å². The third-order valence-corrected chi connectivity index (χ3v) is 4.48. The van der Waals surface area contributed by atoms with Gasteiger partial charge in [-0.3, -0.25) is 0 Å². The van der Waals surface area contributed by atoms with Gasteiger partial charge >= 0.3 is 0 Å². The van der Waals surface area contributed by atoms with Crippen molar-refractivity contribution < 1.29 is 4.52 Å². The van der Waals surface area contributed by atoms with Crippen LogP contribution in [0, 0.1) is 0 Å². The molecule has 0 aliphatic carbocycles. The van der Waals surface area contributed by atoms with Gasteiger partial charge in [-0.2, -0.15) is 4.98 Å². The van der Waals surface area contributed by atoms with Crippen LogP contribution in [-0.2, 0) is 12.0 Å². The fourth-order valence-electron chi connectivity index (χ4n) is 3.04. The number of hydrogen-bond acceptors (Lipinski definition) is 5. The molecule has 0 amide bonds. The molecular weight excluding hydrogens is 340 g/mol. The fourth-order valence-corrected chi connectivity index (χ4v) is 3.04. The summed E-state index contributed by atoms with van der Waals surface area (Å²) in [5.74, 6) is 2.04. The smallest absolute Gasteiger partial charge is 0.232 e. The predicted octanol–water partition coefficient (Wildman–Crippen LogP) is 2.70. The summed E-state index contributed by atoms with van der Waals surface area (Å²) in [6.45, 7) is 11.4. The standard InChI is InChI=1S/C20H30N6O/c1-5-21-19(22-13-17-24-18(27-25-17)20(2,3)4)23-15-11-12-26(14-15)16-9-7-6-8-10-16/h6-10,15H,5,11-14H2,1-4H3,(H2,21,22,23). The summed E-state index contributed by atoms with van der Waals surface area (Å²) in [4.78, 5) is 11.5. The molecule has 3 rings (SSSR count). The Morgan fingerprint density at radius 3 is 2.74 bits per heavy atom. The molecule has 1 saturated heterocycles. The summed E-state index contributed by atoms with van der Waals surface area (Å²) in [7, 11) is 0. The average Bonchev–Trinajstić information content (AvgIpc) is 3.30. The molecule has 1 aliphatic heterocycles. The van der Waals surface area contributed by atoms with Crippen molar-refractivity contribution in [3.63, 3.8) is 0 Å². The molecule has 0 radical (unpaired) electrons. The number of nitrogens with zero attached hydrogens (tertiary/aromatic N) is 4. The number of hydrogen-bond donors (Lipinski definition) is 2. The van der Waals surface area contributed by atoms with Gasteiger partial charge in [0.05, 0.1) is 0 Å². The van der Waals surface area contributed by atoms with Crippen molar-refractivity contribution in [1.29, 1.82) is 0 Å². The van der Waals surface area contributed by atoms with Crippen molar-refractivity contribution >= 4 is 11.6 Å². The van der Waals surface area contributed by atoms with Gasteiger partial charge in [-0.15, -0.1) is 0 Å². The molecule has 1 fully saturated rings. The molecule has 2 N–H and O–H groups in total. The second-order valence-electron chi connectivity index (χ2n) is 7.87. The van der Waals surface area contributed by atoms with E-state index in [2.05, 4.69) is 82.6 Å². The van der Waals surface area contributed by atoms with E-state index in [0.29, 0.717) is 24.3 Å². The topological polar surface area (TPSA) is 78.6 Å². The maximum absolute atomic E-state index is 5.34. The lowest BCUT2D eigenvalue weighted by molar-refractivity contribution is 0.318. The zero-order valence-corrected chi connectivity index (χ0v) is 16.7. The van der Waals surface area contributed by atoms with Crippen LogP contribution in [0.3, 0.4) is 0 Å². The van der Waals surface area contributed by atoms with Gasteiger partial charge in [-0.1, -0.05) is 44.1 Å². The molecule has 1 aromatic heterocycles. The molecule has 1 aliphatic rings. The number of nitrogens with one attached hydrogen (secondary N) is 2. The Labute approximate surface area is 161 Å². The lowest BCUT2D eigenvalue weighted by Gasteiger charge is -2.20. The third-order valence-electron chi connectivity index (χ3n) is 4.48. The number of anilines is 1. The Balaban J connectivity index is 1.59. The lowest BCUT2D eigenvalue weighted by atomic mass is 9.97. The Kier molecular flexibility index (Phi) is 5.98. The summed E-state index contributed by atoms with van der Waals surface area (Å²) in [6.07, 6.45) is 1.08. The van der Waals surface area contributed by atoms with E-state index in [-0.39, 0.29) is 5.41 Å². The van der Waals surface area contributed by atoms with Crippen LogP contribution < -0.4 is 15.5 Å². The molecule has 2 aromatic rings. The highest BCUT2D eigenvalue weighted by molar-refractivity contribution is 5.80. The van der Waals surface area contributed by atoms with Gasteiger partial charge in [0.1, 0.15) is 6.54 Å². The Morgan fingerprint density at radius 1 is 1.30 bits per heavy atom. The monoisotopic (exact) mass is 370 g/mol. The van der Waals surface area contributed by atoms with Gasteiger partial charge in [0.25, 0.3) is 0 Å². The molecule has 1 atom stereocenters. The van der Waals surface area contributed by atoms with Crippen molar-refractivity contribution in [2.24, 2.45) is 4.99 Å². The zero-order chi connectivity index (χ0) is 19.3. The predicted molar refractivity (Wildman–Crippen MR) is 108 cm³/mol. The highest BCUT2D eigenvalue weighted by Gasteiger charge is 2.24. The van der Waals surface area contributed by atoms with E-state index < -0.39 is 0 Å². The van der Waals surface area contributed by atoms with Gasteiger partial charge in [0.15, 0.2) is 11.8 Å². The molecule has 7 nitrogen and oxygen atoms in total. The van der Waals surface area contributed by atoms with Crippen LogP contribution in [0.1, 0.15) is 45.8 Å². The minimum absolute atomic E-state index is 0.150.